The second-order valence-electron chi connectivity index (χ2n) is 5.90. The molecule has 1 saturated heterocycles. The zero-order chi connectivity index (χ0) is 15.9. The Balaban J connectivity index is 1.96. The summed E-state index contributed by atoms with van der Waals surface area (Å²) in [5.41, 5.74) is 0.583. The summed E-state index contributed by atoms with van der Waals surface area (Å²) in [5.74, 6) is -0.994. The molecule has 0 saturated carbocycles. The lowest BCUT2D eigenvalue weighted by molar-refractivity contribution is -0.137. The van der Waals surface area contributed by atoms with E-state index in [1.165, 1.54) is 25.1 Å². The fourth-order valence-electron chi connectivity index (χ4n) is 2.85. The first-order valence-electron chi connectivity index (χ1n) is 7.93. The number of unbranched alkanes of at least 4 members (excludes halogenated alkanes) is 2. The molecule has 1 aliphatic heterocycles. The lowest BCUT2D eigenvalue weighted by atomic mass is 10.2. The third kappa shape index (κ3) is 4.87. The van der Waals surface area contributed by atoms with Crippen molar-refractivity contribution in [3.8, 4) is 5.75 Å². The summed E-state index contributed by atoms with van der Waals surface area (Å²) in [7, 11) is 0. The highest BCUT2D eigenvalue weighted by molar-refractivity contribution is 5.66. The van der Waals surface area contributed by atoms with Crippen molar-refractivity contribution in [3.63, 3.8) is 0 Å². The monoisotopic (exact) mass is 308 g/mol. The number of rotatable bonds is 8. The zero-order valence-electron chi connectivity index (χ0n) is 12.8. The fraction of sp³-hybridized carbons (Fsp3) is 0.625. The maximum Gasteiger partial charge on any atom is 0.303 e. The summed E-state index contributed by atoms with van der Waals surface area (Å²) in [6.45, 7) is 3.52. The van der Waals surface area contributed by atoms with E-state index < -0.39 is 5.97 Å². The molecule has 2 rings (SSSR count). The van der Waals surface area contributed by atoms with E-state index in [1.54, 1.807) is 0 Å². The van der Waals surface area contributed by atoms with Crippen LogP contribution < -0.4 is 5.43 Å². The van der Waals surface area contributed by atoms with Gasteiger partial charge in [0.05, 0.1) is 6.20 Å². The fourth-order valence-corrected chi connectivity index (χ4v) is 2.85. The van der Waals surface area contributed by atoms with Crippen LogP contribution in [0.25, 0.3) is 0 Å². The highest BCUT2D eigenvalue weighted by Gasteiger charge is 2.14. The summed E-state index contributed by atoms with van der Waals surface area (Å²) < 4.78 is 1.93. The van der Waals surface area contributed by atoms with Gasteiger partial charge < -0.3 is 14.8 Å². The first kappa shape index (κ1) is 16.5. The van der Waals surface area contributed by atoms with Crippen molar-refractivity contribution in [3.05, 3.63) is 28.2 Å². The molecule has 2 heterocycles. The Hall–Kier alpha value is -1.82. The minimum absolute atomic E-state index is 0.191. The van der Waals surface area contributed by atoms with Gasteiger partial charge >= 0.3 is 5.97 Å². The van der Waals surface area contributed by atoms with Crippen LogP contribution in [-0.4, -0.2) is 38.7 Å². The molecule has 6 nitrogen and oxygen atoms in total. The summed E-state index contributed by atoms with van der Waals surface area (Å²) in [5, 5.41) is 18.3. The molecule has 6 heteroatoms. The number of carbonyl (C=O) groups is 1. The van der Waals surface area contributed by atoms with Crippen LogP contribution in [0.5, 0.6) is 5.75 Å². The molecule has 2 N–H and O–H groups in total. The molecule has 0 aliphatic carbocycles. The van der Waals surface area contributed by atoms with Crippen LogP contribution in [0.15, 0.2) is 17.1 Å². The van der Waals surface area contributed by atoms with E-state index in [9.17, 15) is 14.7 Å². The molecule has 22 heavy (non-hydrogen) atoms. The first-order chi connectivity index (χ1) is 10.6. The Kier molecular flexibility index (Phi) is 6.00. The van der Waals surface area contributed by atoms with Gasteiger partial charge in [-0.25, -0.2) is 0 Å². The number of aromatic hydroxyl groups is 1. The molecule has 0 unspecified atom stereocenters. The number of likely N-dealkylation sites (tertiary alicyclic amines) is 1. The third-order valence-corrected chi connectivity index (χ3v) is 4.07. The molecular weight excluding hydrogens is 284 g/mol. The predicted molar refractivity (Wildman–Crippen MR) is 83.0 cm³/mol. The van der Waals surface area contributed by atoms with E-state index in [0.717, 1.165) is 38.2 Å². The number of aryl methyl sites for hydroxylation is 1. The summed E-state index contributed by atoms with van der Waals surface area (Å²) in [6.07, 6.45) is 6.39. The van der Waals surface area contributed by atoms with Crippen molar-refractivity contribution in [1.82, 2.24) is 9.47 Å². The number of pyridine rings is 1. The van der Waals surface area contributed by atoms with E-state index in [2.05, 4.69) is 4.90 Å². The minimum Gasteiger partial charge on any atom is -0.503 e. The smallest absolute Gasteiger partial charge is 0.303 e. The van der Waals surface area contributed by atoms with Crippen LogP contribution in [0.1, 0.15) is 44.2 Å². The SMILES string of the molecule is O=C(O)CCCCCn1cc(O)c(=O)cc1CN1CCCC1. The van der Waals surface area contributed by atoms with Gasteiger partial charge in [0.15, 0.2) is 5.75 Å². The van der Waals surface area contributed by atoms with Crippen LogP contribution in [0.2, 0.25) is 0 Å². The van der Waals surface area contributed by atoms with Crippen molar-refractivity contribution >= 4 is 5.97 Å². The third-order valence-electron chi connectivity index (χ3n) is 4.07. The van der Waals surface area contributed by atoms with E-state index >= 15 is 0 Å². The molecule has 1 aliphatic rings. The van der Waals surface area contributed by atoms with Gasteiger partial charge in [-0.05, 0) is 38.8 Å². The highest BCUT2D eigenvalue weighted by atomic mass is 16.4. The molecule has 0 radical (unpaired) electrons. The Labute approximate surface area is 130 Å². The van der Waals surface area contributed by atoms with E-state index in [-0.39, 0.29) is 17.6 Å². The Bertz CT molecular complexity index is 562. The van der Waals surface area contributed by atoms with Gasteiger partial charge in [0.25, 0.3) is 0 Å². The van der Waals surface area contributed by atoms with Crippen molar-refractivity contribution in [2.45, 2.75) is 51.6 Å². The molecule has 1 aromatic heterocycles. The van der Waals surface area contributed by atoms with Gasteiger partial charge in [0.2, 0.25) is 5.43 Å². The standard InChI is InChI=1S/C16H24N2O4/c19-14-10-13(11-17-7-4-5-8-17)18(12-15(14)20)9-3-1-2-6-16(21)22/h10,12,20H,1-9,11H2,(H,21,22). The molecule has 122 valence electrons. The number of aromatic nitrogens is 1. The van der Waals surface area contributed by atoms with Gasteiger partial charge in [0.1, 0.15) is 0 Å². The topological polar surface area (TPSA) is 82.8 Å². The quantitative estimate of drug-likeness (QED) is 0.716. The van der Waals surface area contributed by atoms with Crippen molar-refractivity contribution in [2.75, 3.05) is 13.1 Å². The van der Waals surface area contributed by atoms with Crippen LogP contribution >= 0.6 is 0 Å². The average molecular weight is 308 g/mol. The molecule has 0 bridgehead atoms. The van der Waals surface area contributed by atoms with Crippen LogP contribution in [-0.2, 0) is 17.9 Å². The molecule has 0 aromatic carbocycles. The highest BCUT2D eigenvalue weighted by Crippen LogP contribution is 2.14. The largest absolute Gasteiger partial charge is 0.503 e. The van der Waals surface area contributed by atoms with Crippen molar-refractivity contribution in [2.24, 2.45) is 0 Å². The average Bonchev–Trinajstić information content (AvgIpc) is 2.96. The van der Waals surface area contributed by atoms with E-state index in [0.29, 0.717) is 13.0 Å². The minimum atomic E-state index is -0.768. The van der Waals surface area contributed by atoms with Crippen LogP contribution in [0.3, 0.4) is 0 Å². The zero-order valence-corrected chi connectivity index (χ0v) is 12.8. The van der Waals surface area contributed by atoms with Crippen LogP contribution in [0, 0.1) is 0 Å². The Morgan fingerprint density at radius 3 is 2.59 bits per heavy atom. The number of carboxylic acids is 1. The summed E-state index contributed by atoms with van der Waals surface area (Å²) in [4.78, 5) is 24.5. The normalized spacial score (nSPS) is 15.3. The van der Waals surface area contributed by atoms with Gasteiger partial charge in [-0.3, -0.25) is 14.5 Å². The van der Waals surface area contributed by atoms with Crippen molar-refractivity contribution < 1.29 is 15.0 Å². The maximum atomic E-state index is 11.7. The van der Waals surface area contributed by atoms with Gasteiger partial charge in [0, 0.05) is 31.3 Å². The molecule has 0 spiro atoms. The summed E-state index contributed by atoms with van der Waals surface area (Å²) in [6, 6.07) is 1.52. The molecular formula is C16H24N2O4. The lowest BCUT2D eigenvalue weighted by Gasteiger charge is -2.19. The predicted octanol–water partition coefficient (Wildman–Crippen LogP) is 1.79. The first-order valence-corrected chi connectivity index (χ1v) is 7.93. The number of hydrogen-bond acceptors (Lipinski definition) is 4. The number of nitrogens with zero attached hydrogens (tertiary/aromatic N) is 2. The second-order valence-corrected chi connectivity index (χ2v) is 5.90. The molecule has 1 fully saturated rings. The lowest BCUT2D eigenvalue weighted by Crippen LogP contribution is -2.23. The van der Waals surface area contributed by atoms with Gasteiger partial charge in [-0.15, -0.1) is 0 Å². The maximum absolute atomic E-state index is 11.7. The number of carboxylic acid groups (broad SMARTS) is 1. The number of aliphatic carboxylic acids is 1. The molecule has 0 amide bonds. The van der Waals surface area contributed by atoms with E-state index in [4.69, 9.17) is 5.11 Å². The Morgan fingerprint density at radius 1 is 1.18 bits per heavy atom. The van der Waals surface area contributed by atoms with Crippen LogP contribution in [0.4, 0.5) is 0 Å². The van der Waals surface area contributed by atoms with E-state index in [1.807, 2.05) is 4.57 Å². The second kappa shape index (κ2) is 7.98. The van der Waals surface area contributed by atoms with Crippen molar-refractivity contribution in [1.29, 1.82) is 0 Å². The summed E-state index contributed by atoms with van der Waals surface area (Å²) >= 11 is 0. The van der Waals surface area contributed by atoms with Gasteiger partial charge in [-0.1, -0.05) is 6.42 Å². The molecule has 1 aromatic rings. The Morgan fingerprint density at radius 2 is 1.91 bits per heavy atom. The number of hydrogen-bond donors (Lipinski definition) is 2. The molecule has 0 atom stereocenters. The van der Waals surface area contributed by atoms with Gasteiger partial charge in [-0.2, -0.15) is 0 Å².